The summed E-state index contributed by atoms with van der Waals surface area (Å²) in [6, 6.07) is 16.8. The van der Waals surface area contributed by atoms with Crippen molar-refractivity contribution in [2.75, 3.05) is 0 Å². The van der Waals surface area contributed by atoms with Crippen LogP contribution in [0, 0.1) is 20.8 Å². The van der Waals surface area contributed by atoms with Crippen LogP contribution in [0.15, 0.2) is 86.3 Å². The average molecular weight is 401 g/mol. The molecule has 0 fully saturated rings. The highest BCUT2D eigenvalue weighted by Gasteiger charge is 2.23. The first-order valence-electron chi connectivity index (χ1n) is 8.38. The van der Waals surface area contributed by atoms with Crippen LogP contribution in [0.1, 0.15) is 16.7 Å². The summed E-state index contributed by atoms with van der Waals surface area (Å²) in [6.45, 7) is 5.60. The number of sulfone groups is 2. The van der Waals surface area contributed by atoms with Gasteiger partial charge in [0.2, 0.25) is 19.7 Å². The molecular weight excluding hydrogens is 380 g/mol. The maximum atomic E-state index is 13.0. The third-order valence-corrected chi connectivity index (χ3v) is 8.50. The predicted octanol–water partition coefficient (Wildman–Crippen LogP) is 4.28. The first-order chi connectivity index (χ1) is 12.7. The second kappa shape index (κ2) is 6.94. The molecule has 0 saturated carbocycles. The Morgan fingerprint density at radius 3 is 1.56 bits per heavy atom. The zero-order valence-electron chi connectivity index (χ0n) is 15.3. The van der Waals surface area contributed by atoms with Crippen molar-refractivity contribution in [2.24, 2.45) is 0 Å². The summed E-state index contributed by atoms with van der Waals surface area (Å²) < 4.78 is 51.3. The monoisotopic (exact) mass is 400 g/mol. The second-order valence-corrected chi connectivity index (χ2v) is 10.3. The molecule has 3 aromatic carbocycles. The molecule has 0 radical (unpaired) electrons. The standard InChI is InChI=1S/C21H20O4S2/c1-15-9-14-21(17(3)16(15)2)27(24,25)20-12-10-19(11-13-20)26(22,23)18-7-5-4-6-8-18/h4-14H,1-3H3. The smallest absolute Gasteiger partial charge is 0.206 e. The Balaban J connectivity index is 2.04. The van der Waals surface area contributed by atoms with Gasteiger partial charge < -0.3 is 0 Å². The minimum Gasteiger partial charge on any atom is -0.219 e. The third-order valence-electron chi connectivity index (χ3n) is 4.80. The largest absolute Gasteiger partial charge is 0.219 e. The number of rotatable bonds is 4. The molecule has 3 aromatic rings. The highest BCUT2D eigenvalue weighted by atomic mass is 32.2. The van der Waals surface area contributed by atoms with Crippen molar-refractivity contribution >= 4 is 19.7 Å². The maximum Gasteiger partial charge on any atom is 0.206 e. The summed E-state index contributed by atoms with van der Waals surface area (Å²) >= 11 is 0. The molecule has 3 rings (SSSR count). The van der Waals surface area contributed by atoms with Gasteiger partial charge in [-0.05, 0) is 79.9 Å². The van der Waals surface area contributed by atoms with Gasteiger partial charge in [0.15, 0.2) is 0 Å². The van der Waals surface area contributed by atoms with Crippen molar-refractivity contribution in [3.05, 3.63) is 83.4 Å². The van der Waals surface area contributed by atoms with Crippen LogP contribution in [-0.2, 0) is 19.7 Å². The number of hydrogen-bond donors (Lipinski definition) is 0. The van der Waals surface area contributed by atoms with E-state index in [1.54, 1.807) is 37.3 Å². The minimum atomic E-state index is -3.73. The lowest BCUT2D eigenvalue weighted by Gasteiger charge is -2.12. The molecule has 4 nitrogen and oxygen atoms in total. The molecule has 0 spiro atoms. The van der Waals surface area contributed by atoms with E-state index >= 15 is 0 Å². The zero-order valence-corrected chi connectivity index (χ0v) is 16.9. The maximum absolute atomic E-state index is 13.0. The van der Waals surface area contributed by atoms with Crippen LogP contribution >= 0.6 is 0 Å². The van der Waals surface area contributed by atoms with Gasteiger partial charge in [0, 0.05) is 0 Å². The van der Waals surface area contributed by atoms with E-state index in [4.69, 9.17) is 0 Å². The third kappa shape index (κ3) is 3.42. The second-order valence-electron chi connectivity index (χ2n) is 6.42. The number of aryl methyl sites for hydroxylation is 1. The van der Waals surface area contributed by atoms with Crippen LogP contribution in [0.25, 0.3) is 0 Å². The van der Waals surface area contributed by atoms with Crippen LogP contribution in [-0.4, -0.2) is 16.8 Å². The molecule has 0 amide bonds. The van der Waals surface area contributed by atoms with E-state index in [0.29, 0.717) is 5.56 Å². The Bertz CT molecular complexity index is 1190. The van der Waals surface area contributed by atoms with Gasteiger partial charge in [-0.2, -0.15) is 0 Å². The lowest BCUT2D eigenvalue weighted by atomic mass is 10.1. The molecule has 27 heavy (non-hydrogen) atoms. The summed E-state index contributed by atoms with van der Waals surface area (Å²) in [7, 11) is -7.41. The molecule has 0 aliphatic heterocycles. The van der Waals surface area contributed by atoms with Gasteiger partial charge in [-0.25, -0.2) is 16.8 Å². The molecule has 0 aliphatic rings. The van der Waals surface area contributed by atoms with Crippen LogP contribution < -0.4 is 0 Å². The molecule has 0 N–H and O–H groups in total. The highest BCUT2D eigenvalue weighted by molar-refractivity contribution is 7.92. The van der Waals surface area contributed by atoms with Crippen molar-refractivity contribution in [3.63, 3.8) is 0 Å². The van der Waals surface area contributed by atoms with E-state index in [0.717, 1.165) is 11.1 Å². The SMILES string of the molecule is Cc1ccc(S(=O)(=O)c2ccc(S(=O)(=O)c3ccccc3)cc2)c(C)c1C. The predicted molar refractivity (Wildman–Crippen MR) is 104 cm³/mol. The van der Waals surface area contributed by atoms with Crippen molar-refractivity contribution in [1.82, 2.24) is 0 Å². The molecule has 0 atom stereocenters. The molecule has 6 heteroatoms. The number of hydrogen-bond acceptors (Lipinski definition) is 4. The number of benzene rings is 3. The molecule has 0 saturated heterocycles. The van der Waals surface area contributed by atoms with Gasteiger partial charge in [0.25, 0.3) is 0 Å². The topological polar surface area (TPSA) is 68.3 Å². The Hall–Kier alpha value is -2.44. The average Bonchev–Trinajstić information content (AvgIpc) is 2.66. The lowest BCUT2D eigenvalue weighted by Crippen LogP contribution is -2.07. The molecule has 0 aromatic heterocycles. The van der Waals surface area contributed by atoms with E-state index in [9.17, 15) is 16.8 Å². The van der Waals surface area contributed by atoms with Crippen molar-refractivity contribution in [1.29, 1.82) is 0 Å². The highest BCUT2D eigenvalue weighted by Crippen LogP contribution is 2.29. The Kier molecular flexibility index (Phi) is 4.97. The fourth-order valence-corrected chi connectivity index (χ4v) is 5.72. The first kappa shape index (κ1) is 19.3. The van der Waals surface area contributed by atoms with Crippen LogP contribution in [0.3, 0.4) is 0 Å². The molecule has 0 heterocycles. The van der Waals surface area contributed by atoms with Crippen molar-refractivity contribution < 1.29 is 16.8 Å². The van der Waals surface area contributed by atoms with Gasteiger partial charge in [-0.1, -0.05) is 24.3 Å². The van der Waals surface area contributed by atoms with Crippen LogP contribution in [0.5, 0.6) is 0 Å². The van der Waals surface area contributed by atoms with Gasteiger partial charge in [0.1, 0.15) is 0 Å². The molecule has 140 valence electrons. The normalized spacial score (nSPS) is 12.1. The molecule has 0 bridgehead atoms. The van der Waals surface area contributed by atoms with E-state index in [1.807, 2.05) is 13.8 Å². The lowest BCUT2D eigenvalue weighted by molar-refractivity contribution is 0.592. The summed E-state index contributed by atoms with van der Waals surface area (Å²) in [6.07, 6.45) is 0. The summed E-state index contributed by atoms with van der Waals surface area (Å²) in [5.41, 5.74) is 2.66. The van der Waals surface area contributed by atoms with Crippen LogP contribution in [0.2, 0.25) is 0 Å². The minimum absolute atomic E-state index is 0.0597. The van der Waals surface area contributed by atoms with Gasteiger partial charge >= 0.3 is 0 Å². The van der Waals surface area contributed by atoms with E-state index in [1.165, 1.54) is 36.4 Å². The van der Waals surface area contributed by atoms with Gasteiger partial charge in [-0.15, -0.1) is 0 Å². The molecule has 0 aliphatic carbocycles. The van der Waals surface area contributed by atoms with Crippen molar-refractivity contribution in [3.8, 4) is 0 Å². The van der Waals surface area contributed by atoms with Crippen molar-refractivity contribution in [2.45, 2.75) is 40.4 Å². The quantitative estimate of drug-likeness (QED) is 0.656. The van der Waals surface area contributed by atoms with E-state index in [-0.39, 0.29) is 19.6 Å². The first-order valence-corrected chi connectivity index (χ1v) is 11.3. The van der Waals surface area contributed by atoms with Crippen LogP contribution in [0.4, 0.5) is 0 Å². The molecular formula is C21H20O4S2. The van der Waals surface area contributed by atoms with Gasteiger partial charge in [0.05, 0.1) is 19.6 Å². The fourth-order valence-electron chi connectivity index (χ4n) is 2.88. The fraction of sp³-hybridized carbons (Fsp3) is 0.143. The van der Waals surface area contributed by atoms with Gasteiger partial charge in [-0.3, -0.25) is 0 Å². The Morgan fingerprint density at radius 1 is 0.519 bits per heavy atom. The van der Waals surface area contributed by atoms with E-state index in [2.05, 4.69) is 0 Å². The Labute approximate surface area is 160 Å². The zero-order chi connectivity index (χ0) is 19.8. The molecule has 0 unspecified atom stereocenters. The summed E-state index contributed by atoms with van der Waals surface area (Å²) in [5, 5.41) is 0. The van der Waals surface area contributed by atoms with E-state index < -0.39 is 19.7 Å². The summed E-state index contributed by atoms with van der Waals surface area (Å²) in [5.74, 6) is 0. The Morgan fingerprint density at radius 2 is 1.00 bits per heavy atom. The summed E-state index contributed by atoms with van der Waals surface area (Å²) in [4.78, 5) is 0.542.